The summed E-state index contributed by atoms with van der Waals surface area (Å²) in [6.45, 7) is 2.21. The molecule has 0 aromatic rings. The zero-order chi connectivity index (χ0) is 18.9. The van der Waals surface area contributed by atoms with Crippen LogP contribution in [0.3, 0.4) is 0 Å². The van der Waals surface area contributed by atoms with Crippen LogP contribution in [0.15, 0.2) is 0 Å². The third-order valence-corrected chi connectivity index (χ3v) is 7.82. The Bertz CT molecular complexity index is 270. The molecule has 0 saturated heterocycles. The van der Waals surface area contributed by atoms with E-state index in [0.717, 1.165) is 12.8 Å². The fourth-order valence-corrected chi connectivity index (χ4v) is 4.59. The second-order valence-corrected chi connectivity index (χ2v) is 9.32. The van der Waals surface area contributed by atoms with E-state index in [2.05, 4.69) is 6.92 Å². The SMILES string of the molecule is CCCCCCCCC(N)(N)N.ClC1C(Cl)C(Cl)C(Cl)C(Cl)C1Cl. The van der Waals surface area contributed by atoms with Gasteiger partial charge >= 0.3 is 0 Å². The molecule has 0 aromatic heterocycles. The first-order valence-electron chi connectivity index (χ1n) is 8.24. The van der Waals surface area contributed by atoms with E-state index >= 15 is 0 Å². The van der Waals surface area contributed by atoms with E-state index in [1.807, 2.05) is 0 Å². The van der Waals surface area contributed by atoms with Gasteiger partial charge in [0.05, 0.1) is 32.3 Å². The topological polar surface area (TPSA) is 78.1 Å². The van der Waals surface area contributed by atoms with Crippen LogP contribution in [-0.2, 0) is 0 Å². The number of hydrogen-bond acceptors (Lipinski definition) is 3. The van der Waals surface area contributed by atoms with Crippen LogP contribution >= 0.6 is 69.6 Å². The van der Waals surface area contributed by atoms with Crippen LogP contribution in [0.5, 0.6) is 0 Å². The Morgan fingerprint density at radius 3 is 1.17 bits per heavy atom. The van der Waals surface area contributed by atoms with Gasteiger partial charge in [-0.3, -0.25) is 0 Å². The number of unbranched alkanes of at least 4 members (excludes halogenated alkanes) is 5. The Kier molecular flexibility index (Phi) is 13.8. The largest absolute Gasteiger partial charge is 0.301 e. The molecule has 0 bridgehead atoms. The zero-order valence-corrected chi connectivity index (χ0v) is 18.4. The summed E-state index contributed by atoms with van der Waals surface area (Å²) in [6, 6.07) is 0. The number of hydrogen-bond donors (Lipinski definition) is 3. The number of halogens is 6. The first-order chi connectivity index (χ1) is 11.0. The molecule has 0 radical (unpaired) electrons. The van der Waals surface area contributed by atoms with Gasteiger partial charge in [0.25, 0.3) is 0 Å². The zero-order valence-electron chi connectivity index (χ0n) is 13.9. The van der Waals surface area contributed by atoms with Crippen LogP contribution in [0.2, 0.25) is 0 Å². The van der Waals surface area contributed by atoms with Crippen LogP contribution < -0.4 is 17.2 Å². The Morgan fingerprint density at radius 2 is 0.875 bits per heavy atom. The Hall–Kier alpha value is 1.62. The summed E-state index contributed by atoms with van der Waals surface area (Å²) in [7, 11) is 0. The summed E-state index contributed by atoms with van der Waals surface area (Å²) < 4.78 is 0. The standard InChI is InChI=1S/C9H23N3.C6H6Cl6/c1-2-3-4-5-6-7-8-9(10,11)12;7-1-2(8)4(10)6(12)5(11)3(1)9/h2-8,10-12H2,1H3;1-6H. The first-order valence-corrected chi connectivity index (χ1v) is 10.9. The molecule has 6 N–H and O–H groups in total. The average Bonchev–Trinajstić information content (AvgIpc) is 2.52. The smallest absolute Gasteiger partial charge is 0.115 e. The fourth-order valence-electron chi connectivity index (χ4n) is 2.27. The van der Waals surface area contributed by atoms with Crippen molar-refractivity contribution in [2.45, 2.75) is 89.9 Å². The average molecular weight is 464 g/mol. The summed E-state index contributed by atoms with van der Waals surface area (Å²) >= 11 is 35.3. The molecule has 0 aliphatic heterocycles. The molecule has 1 fully saturated rings. The highest BCUT2D eigenvalue weighted by Gasteiger charge is 2.46. The second kappa shape index (κ2) is 12.9. The lowest BCUT2D eigenvalue weighted by atomic mass is 9.97. The van der Waals surface area contributed by atoms with E-state index in [4.69, 9.17) is 86.8 Å². The van der Waals surface area contributed by atoms with Crippen molar-refractivity contribution >= 4 is 69.6 Å². The van der Waals surface area contributed by atoms with E-state index in [9.17, 15) is 0 Å². The number of alkyl halides is 6. The highest BCUT2D eigenvalue weighted by molar-refractivity contribution is 6.45. The van der Waals surface area contributed by atoms with Gasteiger partial charge in [-0.15, -0.1) is 69.6 Å². The minimum atomic E-state index is -0.954. The molecule has 1 aliphatic rings. The predicted molar refractivity (Wildman–Crippen MR) is 111 cm³/mol. The van der Waals surface area contributed by atoms with Crippen LogP contribution in [0.1, 0.15) is 51.9 Å². The van der Waals surface area contributed by atoms with Gasteiger partial charge < -0.3 is 17.2 Å². The van der Waals surface area contributed by atoms with Crippen molar-refractivity contribution in [3.63, 3.8) is 0 Å². The van der Waals surface area contributed by atoms with Crippen LogP contribution in [0, 0.1) is 0 Å². The van der Waals surface area contributed by atoms with Crippen LogP contribution in [0.25, 0.3) is 0 Å². The first kappa shape index (κ1) is 25.6. The fraction of sp³-hybridized carbons (Fsp3) is 1.00. The lowest BCUT2D eigenvalue weighted by Crippen LogP contribution is -2.57. The van der Waals surface area contributed by atoms with Crippen LogP contribution in [-0.4, -0.2) is 38.0 Å². The van der Waals surface area contributed by atoms with Crippen molar-refractivity contribution in [2.75, 3.05) is 0 Å². The van der Waals surface area contributed by atoms with Crippen molar-refractivity contribution in [3.05, 3.63) is 0 Å². The van der Waals surface area contributed by atoms with Gasteiger partial charge in [0, 0.05) is 0 Å². The maximum absolute atomic E-state index is 5.88. The maximum Gasteiger partial charge on any atom is 0.115 e. The molecule has 1 saturated carbocycles. The molecule has 146 valence electrons. The van der Waals surface area contributed by atoms with Gasteiger partial charge in [-0.25, -0.2) is 0 Å². The highest BCUT2D eigenvalue weighted by Crippen LogP contribution is 2.39. The molecule has 0 spiro atoms. The summed E-state index contributed by atoms with van der Waals surface area (Å²) in [6.07, 6.45) is 8.19. The van der Waals surface area contributed by atoms with Gasteiger partial charge in [0.15, 0.2) is 0 Å². The molecule has 0 aromatic carbocycles. The summed E-state index contributed by atoms with van der Waals surface area (Å²) in [5, 5.41) is -2.62. The molecule has 0 heterocycles. The van der Waals surface area contributed by atoms with Crippen LogP contribution in [0.4, 0.5) is 0 Å². The molecule has 0 amide bonds. The summed E-state index contributed by atoms with van der Waals surface area (Å²) in [4.78, 5) is 0. The Balaban J connectivity index is 0.000000441. The van der Waals surface area contributed by atoms with Crippen molar-refractivity contribution < 1.29 is 0 Å². The molecular weight excluding hydrogens is 435 g/mol. The highest BCUT2D eigenvalue weighted by atomic mass is 35.5. The molecule has 1 rings (SSSR count). The van der Waals surface area contributed by atoms with Crippen molar-refractivity contribution in [1.82, 2.24) is 0 Å². The normalized spacial score (nSPS) is 33.8. The van der Waals surface area contributed by atoms with E-state index in [0.29, 0.717) is 0 Å². The van der Waals surface area contributed by atoms with Crippen molar-refractivity contribution in [3.8, 4) is 0 Å². The van der Waals surface area contributed by atoms with Gasteiger partial charge in [0.2, 0.25) is 0 Å². The number of nitrogens with two attached hydrogens (primary N) is 3. The third kappa shape index (κ3) is 10.1. The van der Waals surface area contributed by atoms with Crippen molar-refractivity contribution in [2.24, 2.45) is 17.2 Å². The molecule has 3 nitrogen and oxygen atoms in total. The monoisotopic (exact) mass is 461 g/mol. The van der Waals surface area contributed by atoms with Gasteiger partial charge in [-0.05, 0) is 12.8 Å². The van der Waals surface area contributed by atoms with E-state index in [1.165, 1.54) is 32.1 Å². The minimum Gasteiger partial charge on any atom is -0.301 e. The van der Waals surface area contributed by atoms with Gasteiger partial charge in [0.1, 0.15) is 5.79 Å². The summed E-state index contributed by atoms with van der Waals surface area (Å²) in [5.74, 6) is -0.954. The lowest BCUT2D eigenvalue weighted by Gasteiger charge is -2.37. The third-order valence-electron chi connectivity index (χ3n) is 3.79. The maximum atomic E-state index is 5.88. The molecule has 0 atom stereocenters. The number of rotatable bonds is 7. The summed E-state index contributed by atoms with van der Waals surface area (Å²) in [5.41, 5.74) is 16.3. The van der Waals surface area contributed by atoms with E-state index < -0.39 is 38.0 Å². The molecule has 0 unspecified atom stereocenters. The Morgan fingerprint density at radius 1 is 0.583 bits per heavy atom. The van der Waals surface area contributed by atoms with Gasteiger partial charge in [-0.2, -0.15) is 0 Å². The molecule has 1 aliphatic carbocycles. The molecule has 9 heteroatoms. The van der Waals surface area contributed by atoms with E-state index in [1.54, 1.807) is 0 Å². The Labute approximate surface area is 176 Å². The van der Waals surface area contributed by atoms with Gasteiger partial charge in [-0.1, -0.05) is 39.0 Å². The second-order valence-electron chi connectivity index (χ2n) is 6.30. The molecular formula is C15H29Cl6N3. The lowest BCUT2D eigenvalue weighted by molar-refractivity contribution is 0.400. The predicted octanol–water partition coefficient (Wildman–Crippen LogP) is 4.91. The molecule has 24 heavy (non-hydrogen) atoms. The van der Waals surface area contributed by atoms with E-state index in [-0.39, 0.29) is 0 Å². The van der Waals surface area contributed by atoms with Crippen molar-refractivity contribution in [1.29, 1.82) is 0 Å². The minimum absolute atomic E-state index is 0.437. The quantitative estimate of drug-likeness (QED) is 0.285.